The minimum absolute atomic E-state index is 0.447. The lowest BCUT2D eigenvalue weighted by atomic mass is 9.63. The zero-order valence-electron chi connectivity index (χ0n) is 14.8. The average Bonchev–Trinajstić information content (AvgIpc) is 2.52. The molecular weight excluding hydrogens is 290 g/mol. The molecule has 0 unspecified atom stereocenters. The maximum atomic E-state index is 12.5. The molecular formula is C21H34F2. The molecule has 0 aromatic rings. The molecule has 0 aliphatic heterocycles. The average molecular weight is 324 g/mol. The van der Waals surface area contributed by atoms with Crippen LogP contribution in [0, 0.1) is 29.6 Å². The second-order valence-corrected chi connectivity index (χ2v) is 8.63. The molecule has 3 aliphatic rings. The number of rotatable bonds is 5. The standard InChI is InChI=1S/C21H34F2/c1-2-3-4-15-5-7-16(8-6-15)17-9-11-18(12-10-17)19-13-20(14-19)21(22)23/h15-19H,2-14H2,1H3/t15-,16-,17?,18?. The van der Waals surface area contributed by atoms with E-state index in [0.717, 1.165) is 23.7 Å². The largest absolute Gasteiger partial charge is 0.269 e. The Balaban J connectivity index is 1.36. The van der Waals surface area contributed by atoms with Gasteiger partial charge in [-0.2, -0.15) is 8.78 Å². The summed E-state index contributed by atoms with van der Waals surface area (Å²) in [6.07, 6.45) is 15.5. The Bertz CT molecular complexity index is 386. The van der Waals surface area contributed by atoms with Crippen molar-refractivity contribution >= 4 is 0 Å². The Morgan fingerprint density at radius 2 is 1.26 bits per heavy atom. The van der Waals surface area contributed by atoms with E-state index in [4.69, 9.17) is 0 Å². The smallest absolute Gasteiger partial charge is 0.173 e. The van der Waals surface area contributed by atoms with Crippen molar-refractivity contribution < 1.29 is 8.78 Å². The molecule has 3 saturated carbocycles. The third-order valence-corrected chi connectivity index (χ3v) is 7.29. The molecule has 0 atom stereocenters. The van der Waals surface area contributed by atoms with E-state index in [2.05, 4.69) is 6.92 Å². The molecule has 3 aliphatic carbocycles. The van der Waals surface area contributed by atoms with Crippen molar-refractivity contribution in [1.29, 1.82) is 0 Å². The van der Waals surface area contributed by atoms with Gasteiger partial charge in [0.15, 0.2) is 0 Å². The zero-order valence-corrected chi connectivity index (χ0v) is 14.8. The maximum Gasteiger partial charge on any atom is 0.269 e. The molecule has 23 heavy (non-hydrogen) atoms. The fraction of sp³-hybridized carbons (Fsp3) is 0.905. The van der Waals surface area contributed by atoms with E-state index in [0.29, 0.717) is 24.3 Å². The van der Waals surface area contributed by atoms with Crippen molar-refractivity contribution in [3.63, 3.8) is 0 Å². The van der Waals surface area contributed by atoms with E-state index in [9.17, 15) is 8.78 Å². The van der Waals surface area contributed by atoms with Crippen LogP contribution in [0.25, 0.3) is 0 Å². The van der Waals surface area contributed by atoms with Crippen LogP contribution in [0.1, 0.15) is 90.4 Å². The van der Waals surface area contributed by atoms with Gasteiger partial charge in [0, 0.05) is 0 Å². The summed E-state index contributed by atoms with van der Waals surface area (Å²) in [5, 5.41) is 0. The Morgan fingerprint density at radius 1 is 0.783 bits per heavy atom. The Hall–Kier alpha value is -0.400. The summed E-state index contributed by atoms with van der Waals surface area (Å²) in [4.78, 5) is 0. The Morgan fingerprint density at radius 3 is 1.74 bits per heavy atom. The normalized spacial score (nSPS) is 38.2. The molecule has 3 fully saturated rings. The minimum Gasteiger partial charge on any atom is -0.173 e. The summed E-state index contributed by atoms with van der Waals surface area (Å²) >= 11 is 0. The van der Waals surface area contributed by atoms with Gasteiger partial charge in [0.05, 0.1) is 0 Å². The van der Waals surface area contributed by atoms with Gasteiger partial charge in [-0.3, -0.25) is 0 Å². The van der Waals surface area contributed by atoms with Crippen LogP contribution in [0.5, 0.6) is 0 Å². The molecule has 0 N–H and O–H groups in total. The first kappa shape index (κ1) is 17.4. The van der Waals surface area contributed by atoms with E-state index >= 15 is 0 Å². The third kappa shape index (κ3) is 4.37. The molecule has 0 amide bonds. The van der Waals surface area contributed by atoms with Crippen molar-refractivity contribution in [1.82, 2.24) is 0 Å². The molecule has 0 radical (unpaired) electrons. The second-order valence-electron chi connectivity index (χ2n) is 8.63. The van der Waals surface area contributed by atoms with E-state index in [-0.39, 0.29) is 0 Å². The highest BCUT2D eigenvalue weighted by molar-refractivity contribution is 5.14. The summed E-state index contributed by atoms with van der Waals surface area (Å²) in [7, 11) is 0. The maximum absolute atomic E-state index is 12.5. The number of halogens is 2. The predicted molar refractivity (Wildman–Crippen MR) is 92.4 cm³/mol. The topological polar surface area (TPSA) is 0 Å². The summed E-state index contributed by atoms with van der Waals surface area (Å²) < 4.78 is 25.0. The lowest BCUT2D eigenvalue weighted by Gasteiger charge is -2.42. The van der Waals surface area contributed by atoms with Gasteiger partial charge in [0.1, 0.15) is 0 Å². The molecule has 0 nitrogen and oxygen atoms in total. The monoisotopic (exact) mass is 324 g/mol. The van der Waals surface area contributed by atoms with Gasteiger partial charge in [-0.25, -0.2) is 0 Å². The highest BCUT2D eigenvalue weighted by Crippen LogP contribution is 2.49. The van der Waals surface area contributed by atoms with Gasteiger partial charge in [0.25, 0.3) is 6.08 Å². The molecule has 0 heterocycles. The van der Waals surface area contributed by atoms with E-state index in [1.165, 1.54) is 70.6 Å². The van der Waals surface area contributed by atoms with Crippen LogP contribution in [0.2, 0.25) is 0 Å². The molecule has 0 saturated heterocycles. The van der Waals surface area contributed by atoms with Crippen molar-refractivity contribution in [3.05, 3.63) is 11.7 Å². The van der Waals surface area contributed by atoms with Crippen LogP contribution in [-0.2, 0) is 0 Å². The van der Waals surface area contributed by atoms with Crippen LogP contribution in [0.3, 0.4) is 0 Å². The fourth-order valence-corrected chi connectivity index (χ4v) is 5.59. The molecule has 132 valence electrons. The SMILES string of the molecule is CCCC[C@H]1CC[C@H](C2CCC(C3CC(=C(F)F)C3)CC2)CC1. The van der Waals surface area contributed by atoms with E-state index in [1.807, 2.05) is 0 Å². The van der Waals surface area contributed by atoms with E-state index in [1.54, 1.807) is 0 Å². The molecule has 3 rings (SSSR count). The van der Waals surface area contributed by atoms with Crippen molar-refractivity contribution in [2.24, 2.45) is 29.6 Å². The van der Waals surface area contributed by atoms with Crippen molar-refractivity contribution in [2.75, 3.05) is 0 Å². The highest BCUT2D eigenvalue weighted by Gasteiger charge is 2.37. The predicted octanol–water partition coefficient (Wildman–Crippen LogP) is 7.35. The van der Waals surface area contributed by atoms with Gasteiger partial charge in [-0.15, -0.1) is 0 Å². The highest BCUT2D eigenvalue weighted by atomic mass is 19.3. The summed E-state index contributed by atoms with van der Waals surface area (Å²) in [5.41, 5.74) is 0.447. The van der Waals surface area contributed by atoms with Crippen molar-refractivity contribution in [2.45, 2.75) is 90.4 Å². The van der Waals surface area contributed by atoms with Crippen LogP contribution in [0.4, 0.5) is 8.78 Å². The summed E-state index contributed by atoms with van der Waals surface area (Å²) in [6, 6.07) is 0. The Labute approximate surface area is 141 Å². The second kappa shape index (κ2) is 8.12. The zero-order chi connectivity index (χ0) is 16.2. The first-order valence-corrected chi connectivity index (χ1v) is 10.2. The summed E-state index contributed by atoms with van der Waals surface area (Å²) in [5.74, 6) is 4.27. The first-order valence-electron chi connectivity index (χ1n) is 10.2. The van der Waals surface area contributed by atoms with Crippen LogP contribution in [-0.4, -0.2) is 0 Å². The molecule has 2 heteroatoms. The van der Waals surface area contributed by atoms with Gasteiger partial charge in [-0.05, 0) is 86.5 Å². The van der Waals surface area contributed by atoms with Gasteiger partial charge in [0.2, 0.25) is 0 Å². The van der Waals surface area contributed by atoms with Crippen LogP contribution >= 0.6 is 0 Å². The van der Waals surface area contributed by atoms with Gasteiger partial charge < -0.3 is 0 Å². The van der Waals surface area contributed by atoms with E-state index < -0.39 is 6.08 Å². The fourth-order valence-electron chi connectivity index (χ4n) is 5.59. The lowest BCUT2D eigenvalue weighted by Crippen LogP contribution is -2.31. The molecule has 0 aromatic heterocycles. The number of allylic oxidation sites excluding steroid dienone is 1. The van der Waals surface area contributed by atoms with Crippen molar-refractivity contribution in [3.8, 4) is 0 Å². The molecule has 0 bridgehead atoms. The number of hydrogen-bond acceptors (Lipinski definition) is 0. The van der Waals surface area contributed by atoms with Gasteiger partial charge in [-0.1, -0.05) is 39.0 Å². The molecule has 0 aromatic carbocycles. The molecule has 0 spiro atoms. The lowest BCUT2D eigenvalue weighted by molar-refractivity contribution is 0.110. The first-order chi connectivity index (χ1) is 11.2. The quantitative estimate of drug-likeness (QED) is 0.496. The van der Waals surface area contributed by atoms with Gasteiger partial charge >= 0.3 is 0 Å². The number of unbranched alkanes of at least 4 members (excludes halogenated alkanes) is 1. The number of hydrogen-bond donors (Lipinski definition) is 0. The summed E-state index contributed by atoms with van der Waals surface area (Å²) in [6.45, 7) is 2.30. The Kier molecular flexibility index (Phi) is 6.15. The van der Waals surface area contributed by atoms with Crippen LogP contribution < -0.4 is 0 Å². The third-order valence-electron chi connectivity index (χ3n) is 7.29. The minimum atomic E-state index is -1.39. The van der Waals surface area contributed by atoms with Crippen LogP contribution in [0.15, 0.2) is 11.7 Å².